The highest BCUT2D eigenvalue weighted by Gasteiger charge is 2.24. The van der Waals surface area contributed by atoms with Gasteiger partial charge in [0.1, 0.15) is 17.3 Å². The van der Waals surface area contributed by atoms with Gasteiger partial charge in [-0.25, -0.2) is 14.4 Å². The number of anilines is 3. The van der Waals surface area contributed by atoms with Gasteiger partial charge in [-0.3, -0.25) is 14.1 Å². The van der Waals surface area contributed by atoms with Crippen molar-refractivity contribution in [2.24, 2.45) is 0 Å². The predicted octanol–water partition coefficient (Wildman–Crippen LogP) is 3.63. The third-order valence-corrected chi connectivity index (χ3v) is 8.25. The van der Waals surface area contributed by atoms with Gasteiger partial charge >= 0.3 is 0 Å². The average Bonchev–Trinajstić information content (AvgIpc) is 3.54. The summed E-state index contributed by atoms with van der Waals surface area (Å²) in [5.41, 5.74) is 4.32. The van der Waals surface area contributed by atoms with Gasteiger partial charge < -0.3 is 19.8 Å². The maximum Gasteiger partial charge on any atom is 0.236 e. The quantitative estimate of drug-likeness (QED) is 0.358. The Balaban J connectivity index is 1.43. The molecule has 4 heterocycles. The maximum absolute atomic E-state index is 13.5. The van der Waals surface area contributed by atoms with E-state index in [0.717, 1.165) is 71.0 Å². The van der Waals surface area contributed by atoms with Gasteiger partial charge in [0.25, 0.3) is 0 Å². The highest BCUT2D eigenvalue weighted by atomic mass is 32.1. The summed E-state index contributed by atoms with van der Waals surface area (Å²) in [5, 5.41) is 10.8. The van der Waals surface area contributed by atoms with Crippen molar-refractivity contribution in [1.29, 1.82) is 0 Å². The molecule has 9 nitrogen and oxygen atoms in total. The van der Waals surface area contributed by atoms with Gasteiger partial charge in [-0.05, 0) is 42.8 Å². The number of likely N-dealkylation sites (N-methyl/N-ethyl adjacent to an activating group) is 1. The first-order valence-electron chi connectivity index (χ1n) is 13.1. The van der Waals surface area contributed by atoms with E-state index in [1.807, 2.05) is 18.0 Å². The van der Waals surface area contributed by atoms with Crippen LogP contribution in [0.1, 0.15) is 17.5 Å². The van der Waals surface area contributed by atoms with E-state index in [9.17, 15) is 14.3 Å². The molecule has 4 aromatic rings. The topological polar surface area (TPSA) is 80.5 Å². The van der Waals surface area contributed by atoms with Crippen LogP contribution in [-0.2, 0) is 17.8 Å². The molecule has 1 aliphatic rings. The van der Waals surface area contributed by atoms with Crippen molar-refractivity contribution < 1.29 is 14.3 Å². The van der Waals surface area contributed by atoms with Gasteiger partial charge in [0.05, 0.1) is 35.1 Å². The summed E-state index contributed by atoms with van der Waals surface area (Å²) >= 11 is 1.41. The normalized spacial score (nSPS) is 14.3. The van der Waals surface area contributed by atoms with Crippen molar-refractivity contribution in [3.05, 3.63) is 59.0 Å². The Kier molecular flexibility index (Phi) is 7.83. The number of thiazole rings is 1. The Bertz CT molecular complexity index is 1460. The lowest BCUT2D eigenvalue weighted by Crippen LogP contribution is -2.49. The summed E-state index contributed by atoms with van der Waals surface area (Å²) in [7, 11) is 5.54. The Morgan fingerprint density at radius 1 is 1.05 bits per heavy atom. The first-order valence-corrected chi connectivity index (χ1v) is 13.9. The Morgan fingerprint density at radius 2 is 1.77 bits per heavy atom. The van der Waals surface area contributed by atoms with Gasteiger partial charge in [0.2, 0.25) is 5.91 Å². The minimum Gasteiger partial charge on any atom is -0.391 e. The molecule has 0 bridgehead atoms. The molecular formula is C28H34FN7O2S. The van der Waals surface area contributed by atoms with Crippen LogP contribution < -0.4 is 9.80 Å². The number of hydrogen-bond donors (Lipinski definition) is 1. The zero-order chi connectivity index (χ0) is 27.7. The molecule has 0 atom stereocenters. The molecule has 5 rings (SSSR count). The van der Waals surface area contributed by atoms with Gasteiger partial charge in [-0.1, -0.05) is 18.3 Å². The molecule has 39 heavy (non-hydrogen) atoms. The highest BCUT2D eigenvalue weighted by Crippen LogP contribution is 2.37. The number of imidazole rings is 1. The Hall–Kier alpha value is -3.54. The number of aliphatic hydroxyl groups is 1. The van der Waals surface area contributed by atoms with Crippen LogP contribution in [-0.4, -0.2) is 89.0 Å². The molecule has 1 amide bonds. The highest BCUT2D eigenvalue weighted by molar-refractivity contribution is 7.16. The SMILES string of the molecule is CCc1nc2ccc(N3CCN(CC(=O)N(C)C)CC3)cn2c1N(C)c1nc(-c2ccc(F)cc2)c(CO)s1. The molecule has 11 heteroatoms. The molecule has 206 valence electrons. The van der Waals surface area contributed by atoms with E-state index in [-0.39, 0.29) is 18.3 Å². The van der Waals surface area contributed by atoms with Crippen molar-refractivity contribution in [2.75, 3.05) is 63.7 Å². The van der Waals surface area contributed by atoms with E-state index >= 15 is 0 Å². The minimum atomic E-state index is -0.311. The average molecular weight is 552 g/mol. The van der Waals surface area contributed by atoms with E-state index < -0.39 is 0 Å². The Morgan fingerprint density at radius 3 is 2.41 bits per heavy atom. The molecule has 1 fully saturated rings. The standard InChI is InChI=1S/C28H34FN7O2S/c1-5-22-27(33(4)28-31-26(23(18-37)39-28)19-6-8-20(29)9-7-19)36-16-21(10-11-24(36)30-22)35-14-12-34(13-15-35)17-25(38)32(2)3/h6-11,16,37H,5,12-15,17-18H2,1-4H3. The summed E-state index contributed by atoms with van der Waals surface area (Å²) in [6.45, 7) is 5.69. The number of benzene rings is 1. The van der Waals surface area contributed by atoms with Crippen LogP contribution in [0.25, 0.3) is 16.9 Å². The van der Waals surface area contributed by atoms with Crippen LogP contribution >= 0.6 is 11.3 Å². The second kappa shape index (κ2) is 11.3. The number of piperazine rings is 1. The lowest BCUT2D eigenvalue weighted by molar-refractivity contribution is -0.129. The van der Waals surface area contributed by atoms with E-state index in [2.05, 4.69) is 33.4 Å². The number of rotatable bonds is 8. The summed E-state index contributed by atoms with van der Waals surface area (Å²) in [5.74, 6) is 0.736. The van der Waals surface area contributed by atoms with Crippen LogP contribution in [0.5, 0.6) is 0 Å². The fourth-order valence-corrected chi connectivity index (χ4v) is 5.77. The summed E-state index contributed by atoms with van der Waals surface area (Å²) in [6, 6.07) is 10.3. The predicted molar refractivity (Wildman–Crippen MR) is 153 cm³/mol. The van der Waals surface area contributed by atoms with Crippen molar-refractivity contribution in [2.45, 2.75) is 20.0 Å². The Labute approximate surface area is 231 Å². The number of pyridine rings is 1. The molecule has 1 aromatic carbocycles. The number of aryl methyl sites for hydroxylation is 1. The summed E-state index contributed by atoms with van der Waals surface area (Å²) in [4.78, 5) is 30.8. The van der Waals surface area contributed by atoms with Gasteiger partial charge in [-0.2, -0.15) is 0 Å². The molecule has 0 saturated carbocycles. The largest absolute Gasteiger partial charge is 0.391 e. The number of aromatic nitrogens is 3. The van der Waals surface area contributed by atoms with E-state index in [0.29, 0.717) is 12.2 Å². The van der Waals surface area contributed by atoms with Crippen molar-refractivity contribution in [3.63, 3.8) is 0 Å². The molecular weight excluding hydrogens is 517 g/mol. The molecule has 0 unspecified atom stereocenters. The van der Waals surface area contributed by atoms with Crippen molar-refractivity contribution >= 4 is 39.5 Å². The second-order valence-electron chi connectivity index (χ2n) is 9.89. The number of nitrogens with zero attached hydrogens (tertiary/aromatic N) is 7. The third kappa shape index (κ3) is 5.47. The van der Waals surface area contributed by atoms with Gasteiger partial charge in [0.15, 0.2) is 5.13 Å². The maximum atomic E-state index is 13.5. The van der Waals surface area contributed by atoms with E-state index in [1.165, 1.54) is 23.5 Å². The van der Waals surface area contributed by atoms with Crippen molar-refractivity contribution in [3.8, 4) is 11.3 Å². The van der Waals surface area contributed by atoms with E-state index in [4.69, 9.17) is 9.97 Å². The lowest BCUT2D eigenvalue weighted by Gasteiger charge is -2.36. The fraction of sp³-hybridized carbons (Fsp3) is 0.393. The fourth-order valence-electron chi connectivity index (χ4n) is 4.86. The number of carbonyl (C=O) groups excluding carboxylic acids is 1. The van der Waals surface area contributed by atoms with Crippen LogP contribution in [0, 0.1) is 5.82 Å². The molecule has 0 spiro atoms. The smallest absolute Gasteiger partial charge is 0.236 e. The van der Waals surface area contributed by atoms with Crippen LogP contribution in [0.4, 0.5) is 21.0 Å². The molecule has 3 aromatic heterocycles. The first kappa shape index (κ1) is 27.0. The molecule has 1 N–H and O–H groups in total. The summed E-state index contributed by atoms with van der Waals surface area (Å²) in [6.07, 6.45) is 2.87. The first-order chi connectivity index (χ1) is 18.8. The molecule has 0 radical (unpaired) electrons. The number of carbonyl (C=O) groups is 1. The van der Waals surface area contributed by atoms with E-state index in [1.54, 1.807) is 31.1 Å². The monoisotopic (exact) mass is 551 g/mol. The number of amides is 1. The minimum absolute atomic E-state index is 0.122. The summed E-state index contributed by atoms with van der Waals surface area (Å²) < 4.78 is 15.6. The number of aliphatic hydroxyl groups excluding tert-OH is 1. The van der Waals surface area contributed by atoms with Crippen molar-refractivity contribution in [1.82, 2.24) is 24.2 Å². The van der Waals surface area contributed by atoms with Gasteiger partial charge in [0, 0.05) is 59.1 Å². The number of hydrogen-bond acceptors (Lipinski definition) is 8. The van der Waals surface area contributed by atoms with Gasteiger partial charge in [-0.15, -0.1) is 0 Å². The third-order valence-electron chi connectivity index (χ3n) is 7.13. The second-order valence-corrected chi connectivity index (χ2v) is 11.0. The zero-order valence-corrected chi connectivity index (χ0v) is 23.6. The number of fused-ring (bicyclic) bond motifs is 1. The molecule has 1 aliphatic heterocycles. The zero-order valence-electron chi connectivity index (χ0n) is 22.8. The number of halogens is 1. The van der Waals surface area contributed by atoms with Crippen LogP contribution in [0.15, 0.2) is 42.6 Å². The molecule has 0 aliphatic carbocycles. The van der Waals surface area contributed by atoms with Crippen LogP contribution in [0.2, 0.25) is 0 Å². The van der Waals surface area contributed by atoms with Crippen LogP contribution in [0.3, 0.4) is 0 Å². The molecule has 1 saturated heterocycles. The lowest BCUT2D eigenvalue weighted by atomic mass is 10.1.